The summed E-state index contributed by atoms with van der Waals surface area (Å²) in [6.07, 6.45) is 1.48. The molecule has 0 unspecified atom stereocenters. The zero-order chi connectivity index (χ0) is 15.2. The molecule has 0 heterocycles. The van der Waals surface area contributed by atoms with E-state index in [1.165, 1.54) is 19.4 Å². The van der Waals surface area contributed by atoms with Crippen molar-refractivity contribution in [2.75, 3.05) is 7.11 Å². The van der Waals surface area contributed by atoms with Crippen molar-refractivity contribution in [1.82, 2.24) is 5.43 Å². The molecule has 2 aromatic carbocycles. The van der Waals surface area contributed by atoms with Gasteiger partial charge in [-0.3, -0.25) is 4.79 Å². The molecule has 0 aliphatic rings. The number of nitrogens with one attached hydrogen (secondary N) is 1. The van der Waals surface area contributed by atoms with E-state index in [9.17, 15) is 9.90 Å². The number of hydrogen-bond acceptors (Lipinski definition) is 4. The summed E-state index contributed by atoms with van der Waals surface area (Å²) in [5, 5.41) is 13.3. The number of nitrogens with zero attached hydrogens (tertiary/aromatic N) is 1. The van der Waals surface area contributed by atoms with Crippen LogP contribution in [0.3, 0.4) is 0 Å². The average Bonchev–Trinajstić information content (AvgIpc) is 2.50. The second kappa shape index (κ2) is 6.90. The van der Waals surface area contributed by atoms with Crippen molar-refractivity contribution in [3.63, 3.8) is 0 Å². The van der Waals surface area contributed by atoms with Gasteiger partial charge in [0.05, 0.1) is 23.4 Å². The molecule has 0 aromatic heterocycles. The Bertz CT molecular complexity index is 686. The minimum absolute atomic E-state index is 0.144. The molecule has 6 heteroatoms. The van der Waals surface area contributed by atoms with Gasteiger partial charge in [-0.05, 0) is 51.8 Å². The number of rotatable bonds is 4. The molecule has 0 bridgehead atoms. The van der Waals surface area contributed by atoms with Gasteiger partial charge >= 0.3 is 0 Å². The smallest absolute Gasteiger partial charge is 0.275 e. The Labute approximate surface area is 130 Å². The van der Waals surface area contributed by atoms with Crippen molar-refractivity contribution in [3.8, 4) is 11.5 Å². The molecule has 0 saturated carbocycles. The van der Waals surface area contributed by atoms with Crippen LogP contribution in [0, 0.1) is 0 Å². The number of amides is 1. The Balaban J connectivity index is 2.06. The fraction of sp³-hybridized carbons (Fsp3) is 0.0667. The number of hydrazone groups is 1. The van der Waals surface area contributed by atoms with E-state index in [0.29, 0.717) is 15.8 Å². The van der Waals surface area contributed by atoms with Gasteiger partial charge in [0.25, 0.3) is 5.91 Å². The van der Waals surface area contributed by atoms with Crippen LogP contribution in [0.15, 0.2) is 52.0 Å². The van der Waals surface area contributed by atoms with Gasteiger partial charge in [-0.15, -0.1) is 0 Å². The minimum Gasteiger partial charge on any atom is -0.507 e. The van der Waals surface area contributed by atoms with Crippen LogP contribution in [0.4, 0.5) is 0 Å². The third kappa shape index (κ3) is 3.82. The van der Waals surface area contributed by atoms with Crippen molar-refractivity contribution in [1.29, 1.82) is 0 Å². The highest BCUT2D eigenvalue weighted by Crippen LogP contribution is 2.23. The number of halogens is 1. The molecule has 21 heavy (non-hydrogen) atoms. The van der Waals surface area contributed by atoms with E-state index in [0.717, 1.165) is 5.56 Å². The van der Waals surface area contributed by atoms with E-state index in [1.54, 1.807) is 36.4 Å². The predicted octanol–water partition coefficient (Wildman–Crippen LogP) is 2.93. The second-order valence-corrected chi connectivity index (χ2v) is 4.96. The molecule has 0 atom stereocenters. The van der Waals surface area contributed by atoms with E-state index in [4.69, 9.17) is 4.74 Å². The lowest BCUT2D eigenvalue weighted by molar-refractivity contribution is 0.0952. The third-order valence-electron chi connectivity index (χ3n) is 2.70. The molecule has 2 N–H and O–H groups in total. The largest absolute Gasteiger partial charge is 0.507 e. The highest BCUT2D eigenvalue weighted by Gasteiger charge is 2.09. The van der Waals surface area contributed by atoms with Crippen LogP contribution in [0.5, 0.6) is 11.5 Å². The maximum atomic E-state index is 12.0. The second-order valence-electron chi connectivity index (χ2n) is 4.11. The molecule has 0 fully saturated rings. The Hall–Kier alpha value is -2.34. The van der Waals surface area contributed by atoms with Gasteiger partial charge in [-0.2, -0.15) is 5.10 Å². The Morgan fingerprint density at radius 1 is 1.33 bits per heavy atom. The van der Waals surface area contributed by atoms with Gasteiger partial charge < -0.3 is 9.84 Å². The van der Waals surface area contributed by atoms with Crippen LogP contribution in [0.2, 0.25) is 0 Å². The first-order chi connectivity index (χ1) is 10.1. The Morgan fingerprint density at radius 3 is 2.81 bits per heavy atom. The number of para-hydroxylation sites is 1. The topological polar surface area (TPSA) is 70.9 Å². The fourth-order valence-electron chi connectivity index (χ4n) is 1.66. The van der Waals surface area contributed by atoms with E-state index in [2.05, 4.69) is 26.5 Å². The summed E-state index contributed by atoms with van der Waals surface area (Å²) in [6, 6.07) is 11.8. The average molecular weight is 349 g/mol. The number of phenols is 1. The summed E-state index contributed by atoms with van der Waals surface area (Å²) in [5.74, 6) is 0.268. The summed E-state index contributed by atoms with van der Waals surface area (Å²) in [4.78, 5) is 12.0. The SMILES string of the molecule is COc1ccccc1C(=O)N/N=C/c1ccc(O)c(Br)c1. The molecule has 0 radical (unpaired) electrons. The number of hydrogen-bond donors (Lipinski definition) is 2. The van der Waals surface area contributed by atoms with Crippen molar-refractivity contribution in [2.24, 2.45) is 5.10 Å². The van der Waals surface area contributed by atoms with Crippen LogP contribution < -0.4 is 10.2 Å². The molecular formula is C15H13BrN2O3. The lowest BCUT2D eigenvalue weighted by Gasteiger charge is -2.06. The Kier molecular flexibility index (Phi) is 4.94. The third-order valence-corrected chi connectivity index (χ3v) is 3.34. The van der Waals surface area contributed by atoms with E-state index in [1.807, 2.05) is 0 Å². The van der Waals surface area contributed by atoms with Crippen molar-refractivity contribution >= 4 is 28.1 Å². The van der Waals surface area contributed by atoms with Gasteiger partial charge in [0, 0.05) is 0 Å². The summed E-state index contributed by atoms with van der Waals surface area (Å²) in [5.41, 5.74) is 3.57. The van der Waals surface area contributed by atoms with Crippen LogP contribution in [-0.4, -0.2) is 24.3 Å². The predicted molar refractivity (Wildman–Crippen MR) is 83.9 cm³/mol. The molecular weight excluding hydrogens is 336 g/mol. The number of aromatic hydroxyl groups is 1. The van der Waals surface area contributed by atoms with Gasteiger partial charge in [0.15, 0.2) is 0 Å². The van der Waals surface area contributed by atoms with E-state index >= 15 is 0 Å². The van der Waals surface area contributed by atoms with Crippen LogP contribution in [0.25, 0.3) is 0 Å². The van der Waals surface area contributed by atoms with Crippen molar-refractivity contribution < 1.29 is 14.6 Å². The number of carbonyl (C=O) groups excluding carboxylic acids is 1. The maximum absolute atomic E-state index is 12.0. The van der Waals surface area contributed by atoms with E-state index in [-0.39, 0.29) is 11.7 Å². The summed E-state index contributed by atoms with van der Waals surface area (Å²) < 4.78 is 5.67. The van der Waals surface area contributed by atoms with Crippen LogP contribution >= 0.6 is 15.9 Å². The molecule has 5 nitrogen and oxygen atoms in total. The van der Waals surface area contributed by atoms with Crippen molar-refractivity contribution in [2.45, 2.75) is 0 Å². The molecule has 0 aliphatic heterocycles. The molecule has 108 valence electrons. The van der Waals surface area contributed by atoms with E-state index < -0.39 is 0 Å². The molecule has 2 rings (SSSR count). The number of phenolic OH excluding ortho intramolecular Hbond substituents is 1. The molecule has 2 aromatic rings. The minimum atomic E-state index is -0.360. The zero-order valence-corrected chi connectivity index (χ0v) is 12.8. The molecule has 0 saturated heterocycles. The fourth-order valence-corrected chi connectivity index (χ4v) is 2.06. The summed E-state index contributed by atoms with van der Waals surface area (Å²) in [6.45, 7) is 0. The van der Waals surface area contributed by atoms with Crippen molar-refractivity contribution in [3.05, 3.63) is 58.1 Å². The number of ether oxygens (including phenoxy) is 1. The summed E-state index contributed by atoms with van der Waals surface area (Å²) in [7, 11) is 1.50. The lowest BCUT2D eigenvalue weighted by atomic mass is 10.2. The molecule has 1 amide bonds. The van der Waals surface area contributed by atoms with Gasteiger partial charge in [0.1, 0.15) is 11.5 Å². The first-order valence-corrected chi connectivity index (χ1v) is 6.86. The number of carbonyl (C=O) groups is 1. The van der Waals surface area contributed by atoms with Gasteiger partial charge in [-0.1, -0.05) is 12.1 Å². The lowest BCUT2D eigenvalue weighted by Crippen LogP contribution is -2.18. The standard InChI is InChI=1S/C15H13BrN2O3/c1-21-14-5-3-2-4-11(14)15(20)18-17-9-10-6-7-13(19)12(16)8-10/h2-9,19H,1H3,(H,18,20)/b17-9+. The quantitative estimate of drug-likeness (QED) is 0.659. The highest BCUT2D eigenvalue weighted by atomic mass is 79.9. The van der Waals surface area contributed by atoms with Gasteiger partial charge in [-0.25, -0.2) is 5.43 Å². The molecule has 0 spiro atoms. The zero-order valence-electron chi connectivity index (χ0n) is 11.2. The highest BCUT2D eigenvalue weighted by molar-refractivity contribution is 9.10. The first-order valence-electron chi connectivity index (χ1n) is 6.06. The Morgan fingerprint density at radius 2 is 2.10 bits per heavy atom. The first kappa shape index (κ1) is 15.1. The van der Waals surface area contributed by atoms with Crippen LogP contribution in [-0.2, 0) is 0 Å². The van der Waals surface area contributed by atoms with Gasteiger partial charge in [0.2, 0.25) is 0 Å². The number of methoxy groups -OCH3 is 1. The monoisotopic (exact) mass is 348 g/mol. The van der Waals surface area contributed by atoms with Crippen LogP contribution in [0.1, 0.15) is 15.9 Å². The maximum Gasteiger partial charge on any atom is 0.275 e. The molecule has 0 aliphatic carbocycles. The summed E-state index contributed by atoms with van der Waals surface area (Å²) >= 11 is 3.21. The number of benzene rings is 2. The normalized spacial score (nSPS) is 10.6.